The fourth-order valence-electron chi connectivity index (χ4n) is 0.774. The Balaban J connectivity index is 0.00000169. The first-order chi connectivity index (χ1) is 5.82. The van der Waals surface area contributed by atoms with E-state index in [1.165, 1.54) is 0 Å². The second-order valence-electron chi connectivity index (χ2n) is 2.41. The largest absolute Gasteiger partial charge is 1.00 e. The van der Waals surface area contributed by atoms with Crippen LogP contribution < -0.4 is 56.8 Å². The van der Waals surface area contributed by atoms with E-state index in [0.717, 1.165) is 0 Å². The van der Waals surface area contributed by atoms with Gasteiger partial charge in [-0.05, 0) is 6.07 Å². The van der Waals surface area contributed by atoms with Crippen molar-refractivity contribution in [1.29, 1.82) is 0 Å². The Labute approximate surface area is 125 Å². The minimum atomic E-state index is -5.29. The molecule has 72 valence electrons. The monoisotopic (exact) mass is 252 g/mol. The molecule has 0 amide bonds. The molecule has 1 nitrogen and oxygen atoms in total. The average molecular weight is 252 g/mol. The molecule has 0 radical (unpaired) electrons. The van der Waals surface area contributed by atoms with Crippen molar-refractivity contribution in [2.45, 2.75) is 0 Å². The molecule has 0 atom stereocenters. The summed E-state index contributed by atoms with van der Waals surface area (Å²) in [6, 6.07) is 0.696. The van der Waals surface area contributed by atoms with Crippen LogP contribution in [0.4, 0.5) is 17.3 Å². The summed E-state index contributed by atoms with van der Waals surface area (Å²) in [6.07, 6.45) is 0. The molecule has 0 bridgehead atoms. The Bertz CT molecular complexity index is 320. The Morgan fingerprint density at radius 1 is 1.21 bits per heavy atom. The van der Waals surface area contributed by atoms with E-state index in [2.05, 4.69) is 0 Å². The van der Waals surface area contributed by atoms with Crippen LogP contribution in [0.1, 0.15) is 0 Å². The molecule has 0 saturated heterocycles. The molecule has 0 spiro atoms. The second kappa shape index (κ2) is 5.18. The molecule has 0 aliphatic carbocycles. The Morgan fingerprint density at radius 3 is 2.07 bits per heavy atom. The minimum Gasteiger partial charge on any atom is -0.504 e. The van der Waals surface area contributed by atoms with Crippen LogP contribution in [0.15, 0.2) is 12.1 Å². The van der Waals surface area contributed by atoms with Gasteiger partial charge in [0.1, 0.15) is 0 Å². The second-order valence-corrected chi connectivity index (χ2v) is 2.82. The van der Waals surface area contributed by atoms with Crippen LogP contribution in [0.2, 0.25) is 5.02 Å². The van der Waals surface area contributed by atoms with Gasteiger partial charge < -0.3 is 18.1 Å². The maximum absolute atomic E-state index is 12.5. The molecule has 0 heterocycles. The molecule has 1 rings (SSSR count). The summed E-state index contributed by atoms with van der Waals surface area (Å²) in [6.45, 7) is -5.29. The fourth-order valence-corrected chi connectivity index (χ4v) is 0.990. The number of rotatable bonds is 1. The van der Waals surface area contributed by atoms with Gasteiger partial charge in [0.05, 0.1) is 5.02 Å². The maximum atomic E-state index is 12.5. The van der Waals surface area contributed by atoms with Gasteiger partial charge in [-0.1, -0.05) is 17.7 Å². The molecule has 0 aliphatic rings. The van der Waals surface area contributed by atoms with Crippen LogP contribution in [-0.4, -0.2) is 12.1 Å². The number of hydrogen-bond donors (Lipinski definition) is 1. The van der Waals surface area contributed by atoms with Gasteiger partial charge >= 0.3 is 58.4 Å². The Kier molecular flexibility index (Phi) is 5.45. The van der Waals surface area contributed by atoms with Gasteiger partial charge in [-0.2, -0.15) is 0 Å². The standard InChI is InChI=1S/C6H3BClF4O.K/c8-4-1-3(7(10,11)12)2-5(9)6(4)13;/h1-2,13H;/q-1;+1. The molecule has 8 heteroatoms. The van der Waals surface area contributed by atoms with Crippen molar-refractivity contribution in [2.24, 2.45) is 0 Å². The Hall–Kier alpha value is 0.731. The van der Waals surface area contributed by atoms with Crippen LogP contribution in [-0.2, 0) is 0 Å². The van der Waals surface area contributed by atoms with Gasteiger partial charge in [-0.3, -0.25) is 0 Å². The normalized spacial score (nSPS) is 10.9. The SMILES string of the molecule is Oc1c(F)cc([B-](F)(F)F)cc1Cl.[K+]. The van der Waals surface area contributed by atoms with Crippen molar-refractivity contribution in [2.75, 3.05) is 0 Å². The fraction of sp³-hybridized carbons (Fsp3) is 0. The summed E-state index contributed by atoms with van der Waals surface area (Å²) in [5.41, 5.74) is -1.17. The number of phenols is 1. The molecule has 1 aromatic carbocycles. The molecular formula is C6H3BClF4KO. The Morgan fingerprint density at radius 2 is 1.71 bits per heavy atom. The van der Waals surface area contributed by atoms with Crippen molar-refractivity contribution in [3.05, 3.63) is 23.0 Å². The van der Waals surface area contributed by atoms with E-state index < -0.39 is 29.0 Å². The third-order valence-corrected chi connectivity index (χ3v) is 1.71. The van der Waals surface area contributed by atoms with Crippen LogP contribution in [0.25, 0.3) is 0 Å². The van der Waals surface area contributed by atoms with Crippen molar-refractivity contribution < 1.29 is 73.8 Å². The summed E-state index contributed by atoms with van der Waals surface area (Å²) in [5.74, 6) is -2.34. The molecule has 0 fully saturated rings. The zero-order valence-corrected chi connectivity index (χ0v) is 10.9. The number of aromatic hydroxyl groups is 1. The summed E-state index contributed by atoms with van der Waals surface area (Å²) in [7, 11) is 0. The third-order valence-electron chi connectivity index (χ3n) is 1.42. The van der Waals surface area contributed by atoms with Crippen molar-refractivity contribution in [1.82, 2.24) is 0 Å². The topological polar surface area (TPSA) is 20.2 Å². The van der Waals surface area contributed by atoms with E-state index in [4.69, 9.17) is 16.7 Å². The first-order valence-corrected chi connectivity index (χ1v) is 3.58. The molecule has 1 aromatic rings. The molecule has 0 aliphatic heterocycles. The van der Waals surface area contributed by atoms with E-state index in [9.17, 15) is 17.3 Å². The zero-order valence-electron chi connectivity index (χ0n) is 7.07. The average Bonchev–Trinajstić information content (AvgIpc) is 1.97. The van der Waals surface area contributed by atoms with Gasteiger partial charge in [0, 0.05) is 0 Å². The van der Waals surface area contributed by atoms with Gasteiger partial charge in [-0.25, -0.2) is 4.39 Å². The van der Waals surface area contributed by atoms with Gasteiger partial charge in [0.15, 0.2) is 11.6 Å². The van der Waals surface area contributed by atoms with Crippen molar-refractivity contribution in [3.63, 3.8) is 0 Å². The molecule has 0 unspecified atom stereocenters. The predicted octanol–water partition coefficient (Wildman–Crippen LogP) is -0.757. The van der Waals surface area contributed by atoms with Crippen LogP contribution in [0.5, 0.6) is 5.75 Å². The molecule has 0 saturated carbocycles. The van der Waals surface area contributed by atoms with E-state index in [1.54, 1.807) is 0 Å². The quantitative estimate of drug-likeness (QED) is 0.515. The smallest absolute Gasteiger partial charge is 0.504 e. The summed E-state index contributed by atoms with van der Waals surface area (Å²) < 4.78 is 48.7. The summed E-state index contributed by atoms with van der Waals surface area (Å²) in [4.78, 5) is 0. The van der Waals surface area contributed by atoms with E-state index in [0.29, 0.717) is 6.07 Å². The summed E-state index contributed by atoms with van der Waals surface area (Å²) in [5, 5.41) is 8.08. The number of hydrogen-bond acceptors (Lipinski definition) is 1. The zero-order chi connectivity index (χ0) is 10.2. The first-order valence-electron chi connectivity index (χ1n) is 3.20. The van der Waals surface area contributed by atoms with Gasteiger partial charge in [0.25, 0.3) is 0 Å². The van der Waals surface area contributed by atoms with E-state index in [1.807, 2.05) is 0 Å². The first kappa shape index (κ1) is 14.7. The van der Waals surface area contributed by atoms with Crippen LogP contribution in [0.3, 0.4) is 0 Å². The molecular weight excluding hydrogens is 249 g/mol. The minimum absolute atomic E-state index is 0. The molecule has 1 N–H and O–H groups in total. The van der Waals surface area contributed by atoms with Crippen molar-refractivity contribution in [3.8, 4) is 5.75 Å². The van der Waals surface area contributed by atoms with Crippen molar-refractivity contribution >= 4 is 24.0 Å². The van der Waals surface area contributed by atoms with Crippen LogP contribution in [0, 0.1) is 5.82 Å². The predicted molar refractivity (Wildman–Crippen MR) is 41.8 cm³/mol. The molecule has 14 heavy (non-hydrogen) atoms. The maximum Gasteiger partial charge on any atom is 1.00 e. The number of benzene rings is 1. The van der Waals surface area contributed by atoms with Crippen LogP contribution >= 0.6 is 11.6 Å². The number of phenolic OH excluding ortho intramolecular Hbond substituents is 1. The van der Waals surface area contributed by atoms with Gasteiger partial charge in [-0.15, -0.1) is 5.46 Å². The number of halogens is 5. The summed E-state index contributed by atoms with van der Waals surface area (Å²) >= 11 is 5.15. The van der Waals surface area contributed by atoms with E-state index >= 15 is 0 Å². The van der Waals surface area contributed by atoms with Gasteiger partial charge in [0.2, 0.25) is 0 Å². The van der Waals surface area contributed by atoms with E-state index in [-0.39, 0.29) is 57.5 Å². The third kappa shape index (κ3) is 3.39. The molecule has 0 aromatic heterocycles.